The zero-order valence-electron chi connectivity index (χ0n) is 14.2. The summed E-state index contributed by atoms with van der Waals surface area (Å²) in [6, 6.07) is 12.9. The van der Waals surface area contributed by atoms with E-state index in [1.807, 2.05) is 19.1 Å². The zero-order valence-corrected chi connectivity index (χ0v) is 15.9. The molecule has 2 amide bonds. The summed E-state index contributed by atoms with van der Waals surface area (Å²) in [5, 5.41) is 13.5. The standard InChI is InChI=1S/C18H15FN4O2S2/c1-11-4-2-5-12(8-11)16(25)21-17-22-23-18(27-17)26-10-15(24)20-14-7-3-6-13(19)9-14/h2-9H,10H2,1H3,(H,20,24)(H,21,22,25). The number of thioether (sulfide) groups is 1. The summed E-state index contributed by atoms with van der Waals surface area (Å²) in [6.07, 6.45) is 0. The Balaban J connectivity index is 1.52. The molecule has 0 unspecified atom stereocenters. The Morgan fingerprint density at radius 3 is 2.70 bits per heavy atom. The predicted octanol–water partition coefficient (Wildman–Crippen LogP) is 3.97. The van der Waals surface area contributed by atoms with Crippen molar-refractivity contribution < 1.29 is 14.0 Å². The van der Waals surface area contributed by atoms with Crippen molar-refractivity contribution in [2.24, 2.45) is 0 Å². The fourth-order valence-electron chi connectivity index (χ4n) is 2.16. The third-order valence-electron chi connectivity index (χ3n) is 3.34. The van der Waals surface area contributed by atoms with Gasteiger partial charge < -0.3 is 5.32 Å². The summed E-state index contributed by atoms with van der Waals surface area (Å²) in [4.78, 5) is 24.1. The van der Waals surface area contributed by atoms with Gasteiger partial charge in [0.1, 0.15) is 5.82 Å². The van der Waals surface area contributed by atoms with Gasteiger partial charge in [0.15, 0.2) is 4.34 Å². The Bertz CT molecular complexity index is 977. The minimum Gasteiger partial charge on any atom is -0.325 e. The highest BCUT2D eigenvalue weighted by molar-refractivity contribution is 8.01. The van der Waals surface area contributed by atoms with Crippen molar-refractivity contribution in [2.75, 3.05) is 16.4 Å². The molecule has 0 bridgehead atoms. The molecule has 0 aliphatic heterocycles. The number of carbonyl (C=O) groups excluding carboxylic acids is 2. The van der Waals surface area contributed by atoms with Gasteiger partial charge in [0, 0.05) is 11.3 Å². The number of hydrogen-bond acceptors (Lipinski definition) is 6. The molecule has 1 aromatic heterocycles. The molecule has 2 N–H and O–H groups in total. The first kappa shape index (κ1) is 19.0. The van der Waals surface area contributed by atoms with Crippen LogP contribution in [0.1, 0.15) is 15.9 Å². The van der Waals surface area contributed by atoms with Crippen LogP contribution in [-0.2, 0) is 4.79 Å². The van der Waals surface area contributed by atoms with Gasteiger partial charge in [0.2, 0.25) is 11.0 Å². The van der Waals surface area contributed by atoms with Crippen LogP contribution in [0.2, 0.25) is 0 Å². The van der Waals surface area contributed by atoms with E-state index in [0.29, 0.717) is 20.7 Å². The van der Waals surface area contributed by atoms with Gasteiger partial charge in [-0.3, -0.25) is 14.9 Å². The Hall–Kier alpha value is -2.78. The van der Waals surface area contributed by atoms with Gasteiger partial charge in [-0.25, -0.2) is 4.39 Å². The van der Waals surface area contributed by atoms with Crippen LogP contribution in [0.25, 0.3) is 0 Å². The van der Waals surface area contributed by atoms with Crippen molar-refractivity contribution in [3.63, 3.8) is 0 Å². The average molecular weight is 402 g/mol. The third-order valence-corrected chi connectivity index (χ3v) is 5.31. The maximum Gasteiger partial charge on any atom is 0.257 e. The molecule has 138 valence electrons. The van der Waals surface area contributed by atoms with Gasteiger partial charge >= 0.3 is 0 Å². The quantitative estimate of drug-likeness (QED) is 0.481. The van der Waals surface area contributed by atoms with E-state index in [1.54, 1.807) is 18.2 Å². The van der Waals surface area contributed by atoms with Gasteiger partial charge in [-0.2, -0.15) is 0 Å². The fourth-order valence-corrected chi connectivity index (χ4v) is 3.71. The van der Waals surface area contributed by atoms with Crippen molar-refractivity contribution >= 4 is 45.7 Å². The number of rotatable bonds is 6. The summed E-state index contributed by atoms with van der Waals surface area (Å²) in [5.74, 6) is -0.878. The highest BCUT2D eigenvalue weighted by Gasteiger charge is 2.12. The summed E-state index contributed by atoms with van der Waals surface area (Å²) < 4.78 is 13.7. The zero-order chi connectivity index (χ0) is 19.2. The molecule has 3 rings (SSSR count). The Labute approximate surface area is 163 Å². The molecule has 9 heteroatoms. The molecule has 0 spiro atoms. The lowest BCUT2D eigenvalue weighted by Crippen LogP contribution is -2.13. The summed E-state index contributed by atoms with van der Waals surface area (Å²) >= 11 is 2.37. The van der Waals surface area contributed by atoms with E-state index < -0.39 is 5.82 Å². The fraction of sp³-hybridized carbons (Fsp3) is 0.111. The lowest BCUT2D eigenvalue weighted by molar-refractivity contribution is -0.113. The molecule has 0 aliphatic carbocycles. The van der Waals surface area contributed by atoms with Gasteiger partial charge in [-0.05, 0) is 37.3 Å². The first-order chi connectivity index (χ1) is 13.0. The van der Waals surface area contributed by atoms with Gasteiger partial charge in [-0.15, -0.1) is 10.2 Å². The van der Waals surface area contributed by atoms with E-state index in [4.69, 9.17) is 0 Å². The number of carbonyl (C=O) groups is 2. The predicted molar refractivity (Wildman–Crippen MR) is 105 cm³/mol. The van der Waals surface area contributed by atoms with E-state index >= 15 is 0 Å². The van der Waals surface area contributed by atoms with Crippen LogP contribution in [0.5, 0.6) is 0 Å². The number of anilines is 2. The second kappa shape index (κ2) is 8.74. The van der Waals surface area contributed by atoms with E-state index in [2.05, 4.69) is 20.8 Å². The maximum absolute atomic E-state index is 13.1. The largest absolute Gasteiger partial charge is 0.325 e. The Kier molecular flexibility index (Phi) is 6.15. The number of aromatic nitrogens is 2. The normalized spacial score (nSPS) is 10.4. The smallest absolute Gasteiger partial charge is 0.257 e. The first-order valence-electron chi connectivity index (χ1n) is 7.89. The molecule has 0 radical (unpaired) electrons. The molecule has 0 fully saturated rings. The van der Waals surface area contributed by atoms with Gasteiger partial charge in [0.25, 0.3) is 5.91 Å². The van der Waals surface area contributed by atoms with E-state index in [0.717, 1.165) is 5.56 Å². The molecule has 2 aromatic carbocycles. The first-order valence-corrected chi connectivity index (χ1v) is 9.69. The van der Waals surface area contributed by atoms with Crippen LogP contribution in [0.3, 0.4) is 0 Å². The van der Waals surface area contributed by atoms with E-state index in [1.165, 1.54) is 41.3 Å². The van der Waals surface area contributed by atoms with Gasteiger partial charge in [0.05, 0.1) is 5.75 Å². The van der Waals surface area contributed by atoms with E-state index in [9.17, 15) is 14.0 Å². The summed E-state index contributed by atoms with van der Waals surface area (Å²) in [6.45, 7) is 1.91. The van der Waals surface area contributed by atoms with E-state index in [-0.39, 0.29) is 17.6 Å². The van der Waals surface area contributed by atoms with Crippen LogP contribution in [0, 0.1) is 12.7 Å². The number of amides is 2. The minimum absolute atomic E-state index is 0.0942. The molecule has 1 heterocycles. The van der Waals surface area contributed by atoms with Crippen LogP contribution in [-0.4, -0.2) is 27.8 Å². The Morgan fingerprint density at radius 2 is 1.93 bits per heavy atom. The minimum atomic E-state index is -0.418. The average Bonchev–Trinajstić information content (AvgIpc) is 3.07. The molecule has 3 aromatic rings. The van der Waals surface area contributed by atoms with Crippen LogP contribution in [0.15, 0.2) is 52.9 Å². The second-order valence-corrected chi connectivity index (χ2v) is 7.74. The van der Waals surface area contributed by atoms with Crippen LogP contribution < -0.4 is 10.6 Å². The lowest BCUT2D eigenvalue weighted by atomic mass is 10.1. The number of benzene rings is 2. The van der Waals surface area contributed by atoms with Crippen molar-refractivity contribution in [3.8, 4) is 0 Å². The second-order valence-electron chi connectivity index (χ2n) is 5.54. The lowest BCUT2D eigenvalue weighted by Gasteiger charge is -2.03. The van der Waals surface area contributed by atoms with Crippen LogP contribution in [0.4, 0.5) is 15.2 Å². The summed E-state index contributed by atoms with van der Waals surface area (Å²) in [5.41, 5.74) is 1.92. The topological polar surface area (TPSA) is 84.0 Å². The molecular formula is C18H15FN4O2S2. The number of hydrogen-bond donors (Lipinski definition) is 2. The third kappa shape index (κ3) is 5.60. The molecular weight excluding hydrogens is 387 g/mol. The molecule has 0 saturated carbocycles. The molecule has 0 saturated heterocycles. The molecule has 27 heavy (non-hydrogen) atoms. The monoisotopic (exact) mass is 402 g/mol. The SMILES string of the molecule is Cc1cccc(C(=O)Nc2nnc(SCC(=O)Nc3cccc(F)c3)s2)c1. The number of halogens is 1. The van der Waals surface area contributed by atoms with Crippen molar-refractivity contribution in [1.82, 2.24) is 10.2 Å². The Morgan fingerprint density at radius 1 is 1.11 bits per heavy atom. The molecule has 0 aliphatic rings. The number of nitrogens with one attached hydrogen (secondary N) is 2. The number of nitrogens with zero attached hydrogens (tertiary/aromatic N) is 2. The molecule has 6 nitrogen and oxygen atoms in total. The van der Waals surface area contributed by atoms with Crippen LogP contribution >= 0.6 is 23.1 Å². The molecule has 0 atom stereocenters. The van der Waals surface area contributed by atoms with Crippen molar-refractivity contribution in [1.29, 1.82) is 0 Å². The maximum atomic E-state index is 13.1. The van der Waals surface area contributed by atoms with Crippen molar-refractivity contribution in [2.45, 2.75) is 11.3 Å². The van der Waals surface area contributed by atoms with Crippen molar-refractivity contribution in [3.05, 3.63) is 65.5 Å². The summed E-state index contributed by atoms with van der Waals surface area (Å²) in [7, 11) is 0. The number of aryl methyl sites for hydroxylation is 1. The van der Waals surface area contributed by atoms with Gasteiger partial charge in [-0.1, -0.05) is 46.9 Å². The highest BCUT2D eigenvalue weighted by Crippen LogP contribution is 2.26. The highest BCUT2D eigenvalue weighted by atomic mass is 32.2.